The van der Waals surface area contributed by atoms with Crippen molar-refractivity contribution in [3.63, 3.8) is 0 Å². The Morgan fingerprint density at radius 2 is 1.95 bits per heavy atom. The third-order valence-corrected chi connectivity index (χ3v) is 3.24. The summed E-state index contributed by atoms with van der Waals surface area (Å²) in [6, 6.07) is 10.1. The summed E-state index contributed by atoms with van der Waals surface area (Å²) in [6.07, 6.45) is 1.22. The third kappa shape index (κ3) is 3.61. The number of carbonyl (C=O) groups excluding carboxylic acids is 1. The standard InChI is InChI=1S/C14H12BrFN2O/c1-9(10-2-5-12(15)6-3-10)18-14(19)11-4-7-13(16)17-8-11/h2-9H,1H3,(H,18,19)/t9-/m1/s1. The number of rotatable bonds is 3. The van der Waals surface area contributed by atoms with E-state index in [0.29, 0.717) is 5.56 Å². The fourth-order valence-electron chi connectivity index (χ4n) is 1.62. The lowest BCUT2D eigenvalue weighted by atomic mass is 10.1. The van der Waals surface area contributed by atoms with Gasteiger partial charge in [0.25, 0.3) is 5.91 Å². The van der Waals surface area contributed by atoms with Crippen LogP contribution in [0.1, 0.15) is 28.9 Å². The smallest absolute Gasteiger partial charge is 0.253 e. The van der Waals surface area contributed by atoms with E-state index in [-0.39, 0.29) is 11.9 Å². The minimum Gasteiger partial charge on any atom is -0.345 e. The average molecular weight is 323 g/mol. The fraction of sp³-hybridized carbons (Fsp3) is 0.143. The van der Waals surface area contributed by atoms with Crippen LogP contribution >= 0.6 is 15.9 Å². The summed E-state index contributed by atoms with van der Waals surface area (Å²) in [4.78, 5) is 15.4. The fourth-order valence-corrected chi connectivity index (χ4v) is 1.89. The summed E-state index contributed by atoms with van der Waals surface area (Å²) in [5.74, 6) is -0.875. The highest BCUT2D eigenvalue weighted by Crippen LogP contribution is 2.16. The van der Waals surface area contributed by atoms with Gasteiger partial charge in [0.05, 0.1) is 11.6 Å². The highest BCUT2D eigenvalue weighted by Gasteiger charge is 2.11. The van der Waals surface area contributed by atoms with Crippen molar-refractivity contribution in [2.75, 3.05) is 0 Å². The molecular formula is C14H12BrFN2O. The van der Waals surface area contributed by atoms with Crippen LogP contribution in [-0.4, -0.2) is 10.9 Å². The Balaban J connectivity index is 2.06. The topological polar surface area (TPSA) is 42.0 Å². The maximum atomic E-state index is 12.7. The predicted molar refractivity (Wildman–Crippen MR) is 74.2 cm³/mol. The largest absolute Gasteiger partial charge is 0.345 e. The number of hydrogen-bond donors (Lipinski definition) is 1. The summed E-state index contributed by atoms with van der Waals surface area (Å²) in [7, 11) is 0. The molecule has 0 radical (unpaired) electrons. The zero-order chi connectivity index (χ0) is 13.8. The van der Waals surface area contributed by atoms with Gasteiger partial charge in [-0.2, -0.15) is 4.39 Å². The van der Waals surface area contributed by atoms with Gasteiger partial charge in [0.2, 0.25) is 5.95 Å². The first-order valence-corrected chi connectivity index (χ1v) is 6.53. The van der Waals surface area contributed by atoms with E-state index in [1.165, 1.54) is 18.3 Å². The van der Waals surface area contributed by atoms with Crippen LogP contribution in [0.25, 0.3) is 0 Å². The van der Waals surface area contributed by atoms with Crippen molar-refractivity contribution in [2.45, 2.75) is 13.0 Å². The van der Waals surface area contributed by atoms with E-state index in [2.05, 4.69) is 26.2 Å². The molecule has 0 saturated carbocycles. The molecule has 0 spiro atoms. The molecule has 98 valence electrons. The number of amides is 1. The van der Waals surface area contributed by atoms with Gasteiger partial charge < -0.3 is 5.32 Å². The molecule has 1 heterocycles. The third-order valence-electron chi connectivity index (χ3n) is 2.71. The van der Waals surface area contributed by atoms with Crippen molar-refractivity contribution in [1.82, 2.24) is 10.3 Å². The second-order valence-corrected chi connectivity index (χ2v) is 5.03. The molecule has 2 rings (SSSR count). The maximum absolute atomic E-state index is 12.7. The van der Waals surface area contributed by atoms with Crippen LogP contribution in [0.15, 0.2) is 47.1 Å². The van der Waals surface area contributed by atoms with E-state index in [0.717, 1.165) is 10.0 Å². The van der Waals surface area contributed by atoms with Crippen molar-refractivity contribution in [3.05, 3.63) is 64.1 Å². The van der Waals surface area contributed by atoms with Crippen LogP contribution in [0.2, 0.25) is 0 Å². The Morgan fingerprint density at radius 3 is 2.53 bits per heavy atom. The molecule has 1 aromatic carbocycles. The van der Waals surface area contributed by atoms with Gasteiger partial charge in [-0.1, -0.05) is 28.1 Å². The molecule has 5 heteroatoms. The van der Waals surface area contributed by atoms with Crippen molar-refractivity contribution < 1.29 is 9.18 Å². The number of carbonyl (C=O) groups is 1. The van der Waals surface area contributed by atoms with Gasteiger partial charge >= 0.3 is 0 Å². The van der Waals surface area contributed by atoms with Crippen LogP contribution < -0.4 is 5.32 Å². The molecule has 3 nitrogen and oxygen atoms in total. The van der Waals surface area contributed by atoms with E-state index in [4.69, 9.17) is 0 Å². The van der Waals surface area contributed by atoms with E-state index >= 15 is 0 Å². The lowest BCUT2D eigenvalue weighted by Gasteiger charge is -2.14. The molecule has 1 amide bonds. The van der Waals surface area contributed by atoms with Crippen LogP contribution in [0.3, 0.4) is 0 Å². The van der Waals surface area contributed by atoms with Gasteiger partial charge in [0.15, 0.2) is 0 Å². The van der Waals surface area contributed by atoms with E-state index in [1.807, 2.05) is 31.2 Å². The molecule has 0 saturated heterocycles. The first-order chi connectivity index (χ1) is 9.06. The first-order valence-electron chi connectivity index (χ1n) is 5.74. The SMILES string of the molecule is C[C@@H](NC(=O)c1ccc(F)nc1)c1ccc(Br)cc1. The zero-order valence-electron chi connectivity index (χ0n) is 10.2. The highest BCUT2D eigenvalue weighted by atomic mass is 79.9. The van der Waals surface area contributed by atoms with Crippen molar-refractivity contribution in [1.29, 1.82) is 0 Å². The quantitative estimate of drug-likeness (QED) is 0.879. The normalized spacial score (nSPS) is 11.9. The molecule has 0 unspecified atom stereocenters. The van der Waals surface area contributed by atoms with Gasteiger partial charge in [0.1, 0.15) is 0 Å². The van der Waals surface area contributed by atoms with Crippen LogP contribution in [0.4, 0.5) is 4.39 Å². The summed E-state index contributed by atoms with van der Waals surface area (Å²) >= 11 is 3.36. The molecule has 1 aromatic heterocycles. The molecule has 2 aromatic rings. The molecule has 19 heavy (non-hydrogen) atoms. The van der Waals surface area contributed by atoms with E-state index in [9.17, 15) is 9.18 Å². The molecule has 0 aliphatic rings. The first kappa shape index (κ1) is 13.7. The average Bonchev–Trinajstić information content (AvgIpc) is 2.40. The molecule has 0 bridgehead atoms. The number of nitrogens with one attached hydrogen (secondary N) is 1. The van der Waals surface area contributed by atoms with Gasteiger partial charge in [-0.3, -0.25) is 4.79 Å². The van der Waals surface area contributed by atoms with Crippen LogP contribution in [0.5, 0.6) is 0 Å². The number of pyridine rings is 1. The second kappa shape index (κ2) is 5.93. The molecule has 1 N–H and O–H groups in total. The minimum absolute atomic E-state index is 0.134. The molecule has 0 fully saturated rings. The maximum Gasteiger partial charge on any atom is 0.253 e. The lowest BCUT2D eigenvalue weighted by molar-refractivity contribution is 0.0939. The van der Waals surface area contributed by atoms with Gasteiger partial charge in [-0.05, 0) is 36.8 Å². The number of nitrogens with zero attached hydrogens (tertiary/aromatic N) is 1. The Labute approximate surface area is 119 Å². The summed E-state index contributed by atoms with van der Waals surface area (Å²) < 4.78 is 13.7. The van der Waals surface area contributed by atoms with Crippen LogP contribution in [0, 0.1) is 5.95 Å². The van der Waals surface area contributed by atoms with Crippen LogP contribution in [-0.2, 0) is 0 Å². The molecular weight excluding hydrogens is 311 g/mol. The zero-order valence-corrected chi connectivity index (χ0v) is 11.8. The lowest BCUT2D eigenvalue weighted by Crippen LogP contribution is -2.26. The number of benzene rings is 1. The Bertz CT molecular complexity index is 569. The Morgan fingerprint density at radius 1 is 1.26 bits per heavy atom. The van der Waals surface area contributed by atoms with Gasteiger partial charge in [-0.25, -0.2) is 4.98 Å². The monoisotopic (exact) mass is 322 g/mol. The summed E-state index contributed by atoms with van der Waals surface area (Å²) in [5.41, 5.74) is 1.33. The highest BCUT2D eigenvalue weighted by molar-refractivity contribution is 9.10. The summed E-state index contributed by atoms with van der Waals surface area (Å²) in [5, 5.41) is 2.83. The molecule has 0 aliphatic heterocycles. The van der Waals surface area contributed by atoms with E-state index < -0.39 is 5.95 Å². The van der Waals surface area contributed by atoms with E-state index in [1.54, 1.807) is 0 Å². The number of hydrogen-bond acceptors (Lipinski definition) is 2. The number of aromatic nitrogens is 1. The predicted octanol–water partition coefficient (Wildman–Crippen LogP) is 3.47. The second-order valence-electron chi connectivity index (χ2n) is 4.12. The van der Waals surface area contributed by atoms with Gasteiger partial charge in [0, 0.05) is 10.7 Å². The number of halogens is 2. The Hall–Kier alpha value is -1.75. The summed E-state index contributed by atoms with van der Waals surface area (Å²) in [6.45, 7) is 1.89. The molecule has 1 atom stereocenters. The minimum atomic E-state index is -0.600. The Kier molecular flexibility index (Phi) is 4.27. The van der Waals surface area contributed by atoms with Crippen molar-refractivity contribution in [2.24, 2.45) is 0 Å². The van der Waals surface area contributed by atoms with Gasteiger partial charge in [-0.15, -0.1) is 0 Å². The molecule has 0 aliphatic carbocycles. The van der Waals surface area contributed by atoms with Crippen molar-refractivity contribution >= 4 is 21.8 Å². The van der Waals surface area contributed by atoms with Crippen molar-refractivity contribution in [3.8, 4) is 0 Å².